The van der Waals surface area contributed by atoms with Crippen LogP contribution in [0, 0.1) is 0 Å². The third-order valence-corrected chi connectivity index (χ3v) is 6.28. The summed E-state index contributed by atoms with van der Waals surface area (Å²) < 4.78 is 5.32. The molecule has 0 saturated carbocycles. The van der Waals surface area contributed by atoms with E-state index in [1.807, 2.05) is 66.9 Å². The van der Waals surface area contributed by atoms with E-state index < -0.39 is 0 Å². The number of anilines is 1. The van der Waals surface area contributed by atoms with Crippen molar-refractivity contribution in [3.05, 3.63) is 96.2 Å². The Bertz CT molecular complexity index is 1380. The number of hydrogen-bond acceptors (Lipinski definition) is 4. The Morgan fingerprint density at radius 1 is 1.03 bits per heavy atom. The molecule has 176 valence electrons. The fraction of sp³-hybridized carbons (Fsp3) is 0.179. The molecule has 1 aliphatic rings. The Morgan fingerprint density at radius 2 is 1.77 bits per heavy atom. The van der Waals surface area contributed by atoms with Crippen LogP contribution in [0.15, 0.2) is 90.2 Å². The molecule has 1 atom stereocenters. The molecule has 3 aromatic carbocycles. The zero-order valence-electron chi connectivity index (χ0n) is 19.4. The third-order valence-electron chi connectivity index (χ3n) is 6.28. The van der Waals surface area contributed by atoms with Gasteiger partial charge in [0.2, 0.25) is 5.91 Å². The zero-order valence-corrected chi connectivity index (χ0v) is 19.4. The van der Waals surface area contributed by atoms with Crippen LogP contribution in [0.4, 0.5) is 5.69 Å². The fourth-order valence-corrected chi connectivity index (χ4v) is 4.41. The molecule has 0 radical (unpaired) electrons. The van der Waals surface area contributed by atoms with Crippen molar-refractivity contribution in [2.75, 3.05) is 18.7 Å². The smallest absolute Gasteiger partial charge is 0.267 e. The zero-order chi connectivity index (χ0) is 24.2. The highest BCUT2D eigenvalue weighted by atomic mass is 16.5. The van der Waals surface area contributed by atoms with Crippen LogP contribution < -0.4 is 15.1 Å². The van der Waals surface area contributed by atoms with E-state index in [0.29, 0.717) is 24.4 Å². The molecular weight excluding hydrogens is 440 g/mol. The number of carbonyl (C=O) groups excluding carboxylic acids is 2. The molecule has 0 saturated heterocycles. The van der Waals surface area contributed by atoms with Crippen molar-refractivity contribution in [1.82, 2.24) is 10.3 Å². The minimum atomic E-state index is -0.267. The number of H-pyrrole nitrogens is 1. The lowest BCUT2D eigenvalue weighted by Gasteiger charge is -2.24. The highest BCUT2D eigenvalue weighted by Crippen LogP contribution is 2.31. The first kappa shape index (κ1) is 22.4. The third kappa shape index (κ3) is 4.66. The maximum absolute atomic E-state index is 13.1. The molecule has 0 aliphatic carbocycles. The molecule has 4 aromatic rings. The van der Waals surface area contributed by atoms with Crippen LogP contribution in [0.2, 0.25) is 0 Å². The number of fused-ring (bicyclic) bond motifs is 1. The minimum Gasteiger partial charge on any atom is -0.497 e. The van der Waals surface area contributed by atoms with Crippen molar-refractivity contribution in [3.8, 4) is 5.75 Å². The Morgan fingerprint density at radius 3 is 2.54 bits per heavy atom. The van der Waals surface area contributed by atoms with Crippen LogP contribution in [0.25, 0.3) is 10.9 Å². The Balaban J connectivity index is 1.41. The second-order valence-corrected chi connectivity index (χ2v) is 8.41. The number of benzene rings is 3. The van der Waals surface area contributed by atoms with E-state index in [4.69, 9.17) is 4.74 Å². The number of nitrogens with one attached hydrogen (secondary N) is 2. The number of hydrazone groups is 1. The van der Waals surface area contributed by atoms with Gasteiger partial charge < -0.3 is 15.0 Å². The van der Waals surface area contributed by atoms with Gasteiger partial charge in [-0.2, -0.15) is 5.10 Å². The van der Waals surface area contributed by atoms with Gasteiger partial charge in [0, 0.05) is 42.4 Å². The van der Waals surface area contributed by atoms with Gasteiger partial charge in [-0.15, -0.1) is 0 Å². The highest BCUT2D eigenvalue weighted by molar-refractivity contribution is 6.40. The van der Waals surface area contributed by atoms with Crippen molar-refractivity contribution in [2.45, 2.75) is 18.8 Å². The standard InChI is InChI=1S/C28H26N4O3/c1-35-21-13-11-19(12-14-21)23(24-18-29-25-10-6-5-9-22(24)25)17-30-28(34)26-15-16-27(33)32(31-26)20-7-3-2-4-8-20/h2-14,18,23,29H,15-17H2,1H3,(H,30,34)/t23-/m0/s1. The molecule has 2 N–H and O–H groups in total. The van der Waals surface area contributed by atoms with Crippen LogP contribution in [-0.4, -0.2) is 36.2 Å². The summed E-state index contributed by atoms with van der Waals surface area (Å²) in [5.41, 5.74) is 4.19. The highest BCUT2D eigenvalue weighted by Gasteiger charge is 2.26. The molecule has 0 fully saturated rings. The molecule has 1 aliphatic heterocycles. The number of carbonyl (C=O) groups is 2. The quantitative estimate of drug-likeness (QED) is 0.417. The number of para-hydroxylation sites is 2. The summed E-state index contributed by atoms with van der Waals surface area (Å²) >= 11 is 0. The predicted octanol–water partition coefficient (Wildman–Crippen LogP) is 4.61. The molecular formula is C28H26N4O3. The molecule has 0 bridgehead atoms. The van der Waals surface area contributed by atoms with E-state index >= 15 is 0 Å². The second kappa shape index (κ2) is 9.85. The van der Waals surface area contributed by atoms with E-state index in [1.165, 1.54) is 5.01 Å². The van der Waals surface area contributed by atoms with Crippen LogP contribution in [-0.2, 0) is 9.59 Å². The van der Waals surface area contributed by atoms with Gasteiger partial charge in [-0.25, -0.2) is 5.01 Å². The Hall–Kier alpha value is -4.39. The summed E-state index contributed by atoms with van der Waals surface area (Å²) in [5.74, 6) is 0.300. The largest absolute Gasteiger partial charge is 0.497 e. The normalized spacial score (nSPS) is 14.5. The number of amides is 2. The molecule has 7 heteroatoms. The first-order valence-electron chi connectivity index (χ1n) is 11.6. The van der Waals surface area contributed by atoms with Crippen LogP contribution in [0.1, 0.15) is 29.9 Å². The molecule has 0 spiro atoms. The van der Waals surface area contributed by atoms with E-state index in [1.54, 1.807) is 19.2 Å². The predicted molar refractivity (Wildman–Crippen MR) is 137 cm³/mol. The van der Waals surface area contributed by atoms with Crippen LogP contribution in [0.5, 0.6) is 5.75 Å². The number of aromatic amines is 1. The van der Waals surface area contributed by atoms with Crippen LogP contribution >= 0.6 is 0 Å². The van der Waals surface area contributed by atoms with Crippen molar-refractivity contribution >= 4 is 34.1 Å². The molecule has 1 aromatic heterocycles. The van der Waals surface area contributed by atoms with Gasteiger partial charge in [0.15, 0.2) is 0 Å². The number of nitrogens with zero attached hydrogens (tertiary/aromatic N) is 2. The first-order chi connectivity index (χ1) is 17.1. The molecule has 5 rings (SSSR count). The number of aromatic nitrogens is 1. The van der Waals surface area contributed by atoms with E-state index in [9.17, 15) is 9.59 Å². The number of rotatable bonds is 7. The first-order valence-corrected chi connectivity index (χ1v) is 11.6. The Labute approximate surface area is 203 Å². The van der Waals surface area contributed by atoms with Gasteiger partial charge in [0.1, 0.15) is 11.5 Å². The van der Waals surface area contributed by atoms with Gasteiger partial charge in [-0.3, -0.25) is 9.59 Å². The van der Waals surface area contributed by atoms with E-state index in [0.717, 1.165) is 27.8 Å². The lowest BCUT2D eigenvalue weighted by Crippen LogP contribution is -2.40. The summed E-state index contributed by atoms with van der Waals surface area (Å²) in [6, 6.07) is 25.2. The molecule has 7 nitrogen and oxygen atoms in total. The second-order valence-electron chi connectivity index (χ2n) is 8.41. The average Bonchev–Trinajstić information content (AvgIpc) is 3.34. The lowest BCUT2D eigenvalue weighted by molar-refractivity contribution is -0.118. The van der Waals surface area contributed by atoms with Gasteiger partial charge in [0.25, 0.3) is 5.91 Å². The molecule has 35 heavy (non-hydrogen) atoms. The summed E-state index contributed by atoms with van der Waals surface area (Å²) in [4.78, 5) is 28.9. The number of methoxy groups -OCH3 is 1. The summed E-state index contributed by atoms with van der Waals surface area (Å²) in [6.07, 6.45) is 2.56. The summed E-state index contributed by atoms with van der Waals surface area (Å²) in [7, 11) is 1.64. The van der Waals surface area contributed by atoms with Crippen molar-refractivity contribution in [2.24, 2.45) is 5.10 Å². The van der Waals surface area contributed by atoms with Crippen molar-refractivity contribution in [1.29, 1.82) is 0 Å². The van der Waals surface area contributed by atoms with E-state index in [2.05, 4.69) is 21.5 Å². The number of ether oxygens (including phenoxy) is 1. The van der Waals surface area contributed by atoms with Crippen molar-refractivity contribution in [3.63, 3.8) is 0 Å². The van der Waals surface area contributed by atoms with Gasteiger partial charge in [0.05, 0.1) is 12.8 Å². The molecule has 2 heterocycles. The van der Waals surface area contributed by atoms with Crippen molar-refractivity contribution < 1.29 is 14.3 Å². The lowest BCUT2D eigenvalue weighted by atomic mass is 9.90. The summed E-state index contributed by atoms with van der Waals surface area (Å²) in [5, 5.41) is 9.88. The topological polar surface area (TPSA) is 86.8 Å². The average molecular weight is 467 g/mol. The summed E-state index contributed by atoms with van der Waals surface area (Å²) in [6.45, 7) is 0.380. The minimum absolute atomic E-state index is 0.0861. The Kier molecular flexibility index (Phi) is 6.30. The van der Waals surface area contributed by atoms with Crippen LogP contribution in [0.3, 0.4) is 0 Å². The SMILES string of the molecule is COc1ccc([C@H](CNC(=O)C2=NN(c3ccccc3)C(=O)CC2)c2c[nH]c3ccccc23)cc1. The van der Waals surface area contributed by atoms with Gasteiger partial charge >= 0.3 is 0 Å². The van der Waals surface area contributed by atoms with Gasteiger partial charge in [-0.1, -0.05) is 48.5 Å². The number of hydrogen-bond donors (Lipinski definition) is 2. The maximum Gasteiger partial charge on any atom is 0.267 e. The fourth-order valence-electron chi connectivity index (χ4n) is 4.41. The van der Waals surface area contributed by atoms with E-state index in [-0.39, 0.29) is 24.2 Å². The molecule has 2 amide bonds. The molecule has 0 unspecified atom stereocenters. The maximum atomic E-state index is 13.1. The van der Waals surface area contributed by atoms with Gasteiger partial charge in [-0.05, 0) is 41.5 Å². The monoisotopic (exact) mass is 466 g/mol.